The first-order chi connectivity index (χ1) is 13.3. The normalized spacial score (nSPS) is 20.7. The topological polar surface area (TPSA) is 90.3 Å². The highest BCUT2D eigenvalue weighted by atomic mass is 32.1. The van der Waals surface area contributed by atoms with E-state index in [1.165, 1.54) is 28.7 Å². The molecule has 1 fully saturated rings. The molecule has 2 aromatic heterocycles. The Morgan fingerprint density at radius 2 is 2.07 bits per heavy atom. The molecule has 2 aromatic rings. The summed E-state index contributed by atoms with van der Waals surface area (Å²) in [6, 6.07) is 0.126. The van der Waals surface area contributed by atoms with Crippen LogP contribution in [0.25, 0.3) is 10.2 Å². The number of hydrogen-bond donors (Lipinski definition) is 1. The number of hydrogen-bond acceptors (Lipinski definition) is 6. The Hall–Kier alpha value is -2.22. The lowest BCUT2D eigenvalue weighted by Gasteiger charge is -2.30. The van der Waals surface area contributed by atoms with Gasteiger partial charge in [0.25, 0.3) is 11.5 Å². The average molecular weight is 406 g/mol. The molecule has 0 saturated heterocycles. The Labute approximate surface area is 168 Å². The van der Waals surface area contributed by atoms with Gasteiger partial charge in [0.1, 0.15) is 11.4 Å². The zero-order valence-corrected chi connectivity index (χ0v) is 17.6. The number of fused-ring (bicyclic) bond motifs is 1. The molecule has 0 radical (unpaired) electrons. The second-order valence-electron chi connectivity index (χ2n) is 7.65. The summed E-state index contributed by atoms with van der Waals surface area (Å²) >= 11 is 1.46. The van der Waals surface area contributed by atoms with E-state index in [9.17, 15) is 14.4 Å². The van der Waals surface area contributed by atoms with Gasteiger partial charge in [-0.15, -0.1) is 11.3 Å². The Kier molecular flexibility index (Phi) is 6.17. The number of aryl methyl sites for hydroxylation is 2. The van der Waals surface area contributed by atoms with Crippen molar-refractivity contribution >= 4 is 33.4 Å². The van der Waals surface area contributed by atoms with Crippen LogP contribution in [0.1, 0.15) is 50.0 Å². The fraction of sp³-hybridized carbons (Fsp3) is 0.600. The van der Waals surface area contributed by atoms with Crippen molar-refractivity contribution in [2.75, 3.05) is 0 Å². The molecule has 0 aromatic carbocycles. The number of rotatable bonds is 5. The molecule has 1 amide bonds. The molecule has 0 unspecified atom stereocenters. The number of esters is 1. The van der Waals surface area contributed by atoms with E-state index in [1.807, 2.05) is 13.8 Å². The van der Waals surface area contributed by atoms with Gasteiger partial charge in [-0.2, -0.15) is 0 Å². The maximum Gasteiger partial charge on any atom is 0.326 e. The molecule has 3 atom stereocenters. The van der Waals surface area contributed by atoms with Gasteiger partial charge in [0, 0.05) is 10.9 Å². The standard InChI is InChI=1S/C20H27N3O4S/c1-11-7-5-6-8-15(11)22-18(25)13(3)27-16(24)9-23-10-21-19-17(20(23)26)12(2)14(4)28-19/h10-11,13,15H,5-9H2,1-4H3,(H,22,25)/t11-,13-,15-/m0/s1. The van der Waals surface area contributed by atoms with Crippen LogP contribution < -0.4 is 10.9 Å². The van der Waals surface area contributed by atoms with Crippen LogP contribution >= 0.6 is 11.3 Å². The summed E-state index contributed by atoms with van der Waals surface area (Å²) in [5, 5.41) is 3.52. The highest BCUT2D eigenvalue weighted by Crippen LogP contribution is 2.25. The molecule has 2 heterocycles. The number of aromatic nitrogens is 2. The number of nitrogens with zero attached hydrogens (tertiary/aromatic N) is 2. The molecule has 3 rings (SSSR count). The SMILES string of the molecule is Cc1sc2ncn(CC(=O)O[C@@H](C)C(=O)N[C@H]3CCCC[C@@H]3C)c(=O)c2c1C. The molecule has 1 aliphatic rings. The lowest BCUT2D eigenvalue weighted by molar-refractivity contribution is -0.155. The third-order valence-corrected chi connectivity index (χ3v) is 6.69. The van der Waals surface area contributed by atoms with E-state index >= 15 is 0 Å². The molecular formula is C20H27N3O4S. The van der Waals surface area contributed by atoms with E-state index in [4.69, 9.17) is 4.74 Å². The fourth-order valence-electron chi connectivity index (χ4n) is 3.64. The molecule has 0 spiro atoms. The Balaban J connectivity index is 1.62. The third-order valence-electron chi connectivity index (χ3n) is 5.57. The van der Waals surface area contributed by atoms with E-state index in [1.54, 1.807) is 6.92 Å². The van der Waals surface area contributed by atoms with E-state index < -0.39 is 12.1 Å². The van der Waals surface area contributed by atoms with Gasteiger partial charge in [0.05, 0.1) is 11.7 Å². The number of thiophene rings is 1. The molecule has 7 nitrogen and oxygen atoms in total. The molecular weight excluding hydrogens is 378 g/mol. The number of carbonyl (C=O) groups excluding carboxylic acids is 2. The third kappa shape index (κ3) is 4.27. The minimum absolute atomic E-state index is 0.126. The van der Waals surface area contributed by atoms with Gasteiger partial charge in [-0.05, 0) is 45.1 Å². The van der Waals surface area contributed by atoms with E-state index in [0.717, 1.165) is 29.7 Å². The van der Waals surface area contributed by atoms with Crippen molar-refractivity contribution in [1.29, 1.82) is 0 Å². The van der Waals surface area contributed by atoms with Crippen LogP contribution in [-0.4, -0.2) is 33.6 Å². The maximum atomic E-state index is 12.7. The van der Waals surface area contributed by atoms with Gasteiger partial charge >= 0.3 is 5.97 Å². The number of carbonyl (C=O) groups is 2. The van der Waals surface area contributed by atoms with Crippen LogP contribution in [0.3, 0.4) is 0 Å². The van der Waals surface area contributed by atoms with Gasteiger partial charge in [-0.1, -0.05) is 19.8 Å². The molecule has 1 aliphatic carbocycles. The average Bonchev–Trinajstić information content (AvgIpc) is 2.94. The zero-order valence-electron chi connectivity index (χ0n) is 16.8. The van der Waals surface area contributed by atoms with Crippen molar-refractivity contribution in [2.45, 2.75) is 72.1 Å². The van der Waals surface area contributed by atoms with Crippen molar-refractivity contribution in [2.24, 2.45) is 5.92 Å². The molecule has 1 saturated carbocycles. The van der Waals surface area contributed by atoms with Gasteiger partial charge in [0.15, 0.2) is 6.10 Å². The van der Waals surface area contributed by atoms with Crippen LogP contribution in [0.2, 0.25) is 0 Å². The largest absolute Gasteiger partial charge is 0.451 e. The van der Waals surface area contributed by atoms with Crippen LogP contribution in [0.4, 0.5) is 0 Å². The van der Waals surface area contributed by atoms with Crippen LogP contribution in [0, 0.1) is 19.8 Å². The van der Waals surface area contributed by atoms with E-state index in [0.29, 0.717) is 16.1 Å². The number of ether oxygens (including phenoxy) is 1. The van der Waals surface area contributed by atoms with Crippen LogP contribution in [-0.2, 0) is 20.9 Å². The maximum absolute atomic E-state index is 12.7. The van der Waals surface area contributed by atoms with Gasteiger partial charge in [-0.25, -0.2) is 4.98 Å². The lowest BCUT2D eigenvalue weighted by atomic mass is 9.86. The molecule has 28 heavy (non-hydrogen) atoms. The van der Waals surface area contributed by atoms with E-state index in [-0.39, 0.29) is 24.1 Å². The van der Waals surface area contributed by atoms with Crippen molar-refractivity contribution in [1.82, 2.24) is 14.9 Å². The summed E-state index contributed by atoms with van der Waals surface area (Å²) < 4.78 is 6.49. The molecule has 152 valence electrons. The predicted molar refractivity (Wildman–Crippen MR) is 108 cm³/mol. The molecule has 0 aliphatic heterocycles. The van der Waals surface area contributed by atoms with Crippen molar-refractivity contribution in [3.63, 3.8) is 0 Å². The first kappa shape index (κ1) is 20.5. The summed E-state index contributed by atoms with van der Waals surface area (Å²) in [4.78, 5) is 43.3. The minimum atomic E-state index is -0.904. The highest BCUT2D eigenvalue weighted by molar-refractivity contribution is 7.18. The van der Waals surface area contributed by atoms with E-state index in [2.05, 4.69) is 17.2 Å². The second kappa shape index (κ2) is 8.43. The summed E-state index contributed by atoms with van der Waals surface area (Å²) in [7, 11) is 0. The van der Waals surface area contributed by atoms with Crippen LogP contribution in [0.15, 0.2) is 11.1 Å². The monoisotopic (exact) mass is 405 g/mol. The zero-order chi connectivity index (χ0) is 20.4. The molecule has 1 N–H and O–H groups in total. The quantitative estimate of drug-likeness (QED) is 0.773. The highest BCUT2D eigenvalue weighted by Gasteiger charge is 2.26. The minimum Gasteiger partial charge on any atom is -0.451 e. The smallest absolute Gasteiger partial charge is 0.326 e. The van der Waals surface area contributed by atoms with Gasteiger partial charge in [0.2, 0.25) is 0 Å². The van der Waals surface area contributed by atoms with Crippen molar-refractivity contribution < 1.29 is 14.3 Å². The summed E-state index contributed by atoms with van der Waals surface area (Å²) in [5.41, 5.74) is 0.617. The number of amides is 1. The van der Waals surface area contributed by atoms with Gasteiger partial charge < -0.3 is 10.1 Å². The summed E-state index contributed by atoms with van der Waals surface area (Å²) in [5.74, 6) is -0.501. The second-order valence-corrected chi connectivity index (χ2v) is 8.85. The predicted octanol–water partition coefficient (Wildman–Crippen LogP) is 2.70. The lowest BCUT2D eigenvalue weighted by Crippen LogP contribution is -2.46. The van der Waals surface area contributed by atoms with Crippen molar-refractivity contribution in [3.05, 3.63) is 27.1 Å². The molecule has 0 bridgehead atoms. The fourth-order valence-corrected chi connectivity index (χ4v) is 4.63. The van der Waals surface area contributed by atoms with Crippen molar-refractivity contribution in [3.8, 4) is 0 Å². The Morgan fingerprint density at radius 3 is 2.79 bits per heavy atom. The summed E-state index contributed by atoms with van der Waals surface area (Å²) in [6.45, 7) is 7.22. The first-order valence-electron chi connectivity index (χ1n) is 9.73. The first-order valence-corrected chi connectivity index (χ1v) is 10.5. The number of nitrogens with one attached hydrogen (secondary N) is 1. The Morgan fingerprint density at radius 1 is 1.36 bits per heavy atom. The van der Waals surface area contributed by atoms with Crippen LogP contribution in [0.5, 0.6) is 0 Å². The molecule has 8 heteroatoms. The summed E-state index contributed by atoms with van der Waals surface area (Å²) in [6.07, 6.45) is 4.79. The van der Waals surface area contributed by atoms with Gasteiger partial charge in [-0.3, -0.25) is 19.0 Å². The Bertz CT molecular complexity index is 949.